The Labute approximate surface area is 95.5 Å². The van der Waals surface area contributed by atoms with Crippen LogP contribution in [0, 0.1) is 5.82 Å². The zero-order chi connectivity index (χ0) is 11.5. The Hall–Kier alpha value is -1.69. The lowest BCUT2D eigenvalue weighted by Gasteiger charge is -1.99. The molecule has 1 heterocycles. The molecule has 6 heteroatoms. The number of rotatable bonds is 2. The van der Waals surface area contributed by atoms with Crippen molar-refractivity contribution in [3.8, 4) is 0 Å². The standard InChI is InChI=1S/C10H8FN3OS/c1-14-6-12-13-10(14)16-9(15)7-2-4-8(11)5-3-7/h2-6H,1H3. The molecule has 0 radical (unpaired) electrons. The molecule has 0 N–H and O–H groups in total. The van der Waals surface area contributed by atoms with Crippen molar-refractivity contribution in [2.45, 2.75) is 5.16 Å². The molecule has 0 unspecified atom stereocenters. The average molecular weight is 237 g/mol. The van der Waals surface area contributed by atoms with E-state index in [0.717, 1.165) is 11.8 Å². The largest absolute Gasteiger partial charge is 0.311 e. The number of nitrogens with zero attached hydrogens (tertiary/aromatic N) is 3. The molecule has 0 atom stereocenters. The summed E-state index contributed by atoms with van der Waals surface area (Å²) in [7, 11) is 1.75. The van der Waals surface area contributed by atoms with Crippen molar-refractivity contribution in [1.82, 2.24) is 14.8 Å². The molecule has 0 spiro atoms. The van der Waals surface area contributed by atoms with Gasteiger partial charge in [-0.2, -0.15) is 0 Å². The SMILES string of the molecule is Cn1cnnc1SC(=O)c1ccc(F)cc1. The van der Waals surface area contributed by atoms with Crippen LogP contribution >= 0.6 is 11.8 Å². The summed E-state index contributed by atoms with van der Waals surface area (Å²) in [6.07, 6.45) is 1.51. The van der Waals surface area contributed by atoms with Crippen molar-refractivity contribution in [3.63, 3.8) is 0 Å². The van der Waals surface area contributed by atoms with E-state index in [2.05, 4.69) is 10.2 Å². The van der Waals surface area contributed by atoms with E-state index >= 15 is 0 Å². The van der Waals surface area contributed by atoms with Gasteiger partial charge in [0.15, 0.2) is 5.16 Å². The number of benzene rings is 1. The minimum atomic E-state index is -0.361. The second-order valence-electron chi connectivity index (χ2n) is 3.12. The third-order valence-corrected chi connectivity index (χ3v) is 2.91. The van der Waals surface area contributed by atoms with Gasteiger partial charge >= 0.3 is 0 Å². The fourth-order valence-corrected chi connectivity index (χ4v) is 1.79. The Morgan fingerprint density at radius 2 is 2.06 bits per heavy atom. The molecular weight excluding hydrogens is 229 g/mol. The van der Waals surface area contributed by atoms with E-state index in [9.17, 15) is 9.18 Å². The molecule has 0 aliphatic heterocycles. The Morgan fingerprint density at radius 1 is 1.38 bits per heavy atom. The zero-order valence-electron chi connectivity index (χ0n) is 8.42. The number of carbonyl (C=O) groups excluding carboxylic acids is 1. The van der Waals surface area contributed by atoms with Crippen molar-refractivity contribution < 1.29 is 9.18 Å². The van der Waals surface area contributed by atoms with Crippen LogP contribution in [-0.2, 0) is 7.05 Å². The minimum absolute atomic E-state index is 0.184. The van der Waals surface area contributed by atoms with E-state index in [1.165, 1.54) is 30.6 Å². The van der Waals surface area contributed by atoms with E-state index in [0.29, 0.717) is 10.7 Å². The lowest BCUT2D eigenvalue weighted by atomic mass is 10.2. The highest BCUT2D eigenvalue weighted by molar-refractivity contribution is 8.14. The van der Waals surface area contributed by atoms with Crippen LogP contribution in [0.3, 0.4) is 0 Å². The molecule has 1 aromatic heterocycles. The molecule has 0 fully saturated rings. The number of thioether (sulfide) groups is 1. The van der Waals surface area contributed by atoms with Gasteiger partial charge in [-0.1, -0.05) is 0 Å². The van der Waals surface area contributed by atoms with Crippen LogP contribution in [-0.4, -0.2) is 19.9 Å². The highest BCUT2D eigenvalue weighted by atomic mass is 32.2. The van der Waals surface area contributed by atoms with Crippen LogP contribution in [0.15, 0.2) is 35.7 Å². The van der Waals surface area contributed by atoms with Gasteiger partial charge in [0.2, 0.25) is 5.12 Å². The predicted molar refractivity (Wildman–Crippen MR) is 57.6 cm³/mol. The van der Waals surface area contributed by atoms with Crippen LogP contribution in [0.4, 0.5) is 4.39 Å². The van der Waals surface area contributed by atoms with Gasteiger partial charge in [0.05, 0.1) is 0 Å². The van der Waals surface area contributed by atoms with Crippen LogP contribution in [0.1, 0.15) is 10.4 Å². The van der Waals surface area contributed by atoms with E-state index in [-0.39, 0.29) is 10.9 Å². The summed E-state index contributed by atoms with van der Waals surface area (Å²) in [6.45, 7) is 0. The first-order valence-electron chi connectivity index (χ1n) is 4.48. The topological polar surface area (TPSA) is 47.8 Å². The quantitative estimate of drug-likeness (QED) is 0.748. The molecule has 0 saturated carbocycles. The summed E-state index contributed by atoms with van der Waals surface area (Å²) in [4.78, 5) is 11.7. The van der Waals surface area contributed by atoms with Gasteiger partial charge in [-0.25, -0.2) is 4.39 Å². The fourth-order valence-electron chi connectivity index (χ4n) is 1.09. The van der Waals surface area contributed by atoms with Crippen molar-refractivity contribution in [1.29, 1.82) is 0 Å². The van der Waals surface area contributed by atoms with E-state index in [1.807, 2.05) is 0 Å². The minimum Gasteiger partial charge on any atom is -0.311 e. The van der Waals surface area contributed by atoms with Gasteiger partial charge in [0, 0.05) is 12.6 Å². The fraction of sp³-hybridized carbons (Fsp3) is 0.100. The Kier molecular flexibility index (Phi) is 3.00. The molecular formula is C10H8FN3OS. The van der Waals surface area contributed by atoms with Crippen molar-refractivity contribution in [2.24, 2.45) is 7.05 Å². The summed E-state index contributed by atoms with van der Waals surface area (Å²) in [6, 6.07) is 5.40. The molecule has 2 rings (SSSR count). The van der Waals surface area contributed by atoms with Gasteiger partial charge in [-0.3, -0.25) is 4.79 Å². The van der Waals surface area contributed by atoms with Crippen molar-refractivity contribution in [3.05, 3.63) is 42.0 Å². The lowest BCUT2D eigenvalue weighted by molar-refractivity contribution is 0.108. The molecule has 4 nitrogen and oxygen atoms in total. The molecule has 0 saturated heterocycles. The van der Waals surface area contributed by atoms with Gasteiger partial charge < -0.3 is 4.57 Å². The maximum Gasteiger partial charge on any atom is 0.227 e. The zero-order valence-corrected chi connectivity index (χ0v) is 9.24. The van der Waals surface area contributed by atoms with Crippen LogP contribution in [0.25, 0.3) is 0 Å². The van der Waals surface area contributed by atoms with Crippen LogP contribution < -0.4 is 0 Å². The van der Waals surface area contributed by atoms with Gasteiger partial charge in [0.25, 0.3) is 0 Å². The first-order valence-corrected chi connectivity index (χ1v) is 5.30. The number of hydrogen-bond donors (Lipinski definition) is 0. The highest BCUT2D eigenvalue weighted by Crippen LogP contribution is 2.19. The number of hydrogen-bond acceptors (Lipinski definition) is 4. The second-order valence-corrected chi connectivity index (χ2v) is 4.06. The van der Waals surface area contributed by atoms with E-state index in [4.69, 9.17) is 0 Å². The number of halogens is 1. The van der Waals surface area contributed by atoms with Crippen molar-refractivity contribution >= 4 is 16.9 Å². The lowest BCUT2D eigenvalue weighted by Crippen LogP contribution is -1.97. The molecule has 0 aliphatic rings. The number of carbonyl (C=O) groups is 1. The molecule has 16 heavy (non-hydrogen) atoms. The average Bonchev–Trinajstić information content (AvgIpc) is 2.65. The maximum absolute atomic E-state index is 12.6. The third-order valence-electron chi connectivity index (χ3n) is 1.93. The summed E-state index contributed by atoms with van der Waals surface area (Å²) < 4.78 is 14.3. The van der Waals surface area contributed by atoms with Crippen LogP contribution in [0.2, 0.25) is 0 Å². The van der Waals surface area contributed by atoms with E-state index in [1.54, 1.807) is 11.6 Å². The van der Waals surface area contributed by atoms with Crippen molar-refractivity contribution in [2.75, 3.05) is 0 Å². The Balaban J connectivity index is 2.15. The smallest absolute Gasteiger partial charge is 0.227 e. The first-order chi connectivity index (χ1) is 7.66. The molecule has 1 aromatic carbocycles. The highest BCUT2D eigenvalue weighted by Gasteiger charge is 2.11. The summed E-state index contributed by atoms with van der Waals surface area (Å²) in [5.41, 5.74) is 0.439. The van der Waals surface area contributed by atoms with Gasteiger partial charge in [-0.05, 0) is 36.0 Å². The second kappa shape index (κ2) is 4.44. The normalized spacial score (nSPS) is 10.4. The molecule has 0 aliphatic carbocycles. The Bertz CT molecular complexity index is 509. The molecule has 2 aromatic rings. The molecule has 0 bridgehead atoms. The van der Waals surface area contributed by atoms with E-state index < -0.39 is 0 Å². The molecule has 82 valence electrons. The predicted octanol–water partition coefficient (Wildman–Crippen LogP) is 1.89. The molecule has 0 amide bonds. The number of aryl methyl sites for hydroxylation is 1. The first kappa shape index (κ1) is 10.8. The van der Waals surface area contributed by atoms with Gasteiger partial charge in [0.1, 0.15) is 12.1 Å². The summed E-state index contributed by atoms with van der Waals surface area (Å²) >= 11 is 0.964. The summed E-state index contributed by atoms with van der Waals surface area (Å²) in [5, 5.41) is 7.77. The third kappa shape index (κ3) is 2.27. The monoisotopic (exact) mass is 237 g/mol. The maximum atomic E-state index is 12.6. The van der Waals surface area contributed by atoms with Crippen LogP contribution in [0.5, 0.6) is 0 Å². The number of aromatic nitrogens is 3. The van der Waals surface area contributed by atoms with Gasteiger partial charge in [-0.15, -0.1) is 10.2 Å². The Morgan fingerprint density at radius 3 is 2.62 bits per heavy atom. The summed E-state index contributed by atoms with van der Waals surface area (Å²) in [5.74, 6) is -0.361.